The first kappa shape index (κ1) is 19.8. The highest BCUT2D eigenvalue weighted by atomic mass is 16.3. The molecule has 0 radical (unpaired) electrons. The second-order valence-electron chi connectivity index (χ2n) is 10.2. The van der Waals surface area contributed by atoms with E-state index in [1.807, 2.05) is 6.07 Å². The van der Waals surface area contributed by atoms with Gasteiger partial charge in [0.15, 0.2) is 5.58 Å². The molecule has 0 spiro atoms. The SMILES string of the molecule is CC1(C)c2ccccc2N2c3ccccc3N(c3cccc4c3oc3ccccc34)c3cccc1c32. The molecule has 0 fully saturated rings. The average Bonchev–Trinajstić information content (AvgIpc) is 3.30. The quantitative estimate of drug-likeness (QED) is 0.241. The van der Waals surface area contributed by atoms with Crippen molar-refractivity contribution in [1.29, 1.82) is 0 Å². The molecule has 3 heterocycles. The Morgan fingerprint density at radius 2 is 1.08 bits per heavy atom. The van der Waals surface area contributed by atoms with Crippen LogP contribution in [-0.4, -0.2) is 0 Å². The number of hydrogen-bond donors (Lipinski definition) is 0. The van der Waals surface area contributed by atoms with E-state index in [4.69, 9.17) is 4.42 Å². The van der Waals surface area contributed by atoms with E-state index in [-0.39, 0.29) is 5.41 Å². The largest absolute Gasteiger partial charge is 0.454 e. The Bertz CT molecular complexity index is 1840. The summed E-state index contributed by atoms with van der Waals surface area (Å²) >= 11 is 0. The minimum absolute atomic E-state index is 0.123. The van der Waals surface area contributed by atoms with E-state index in [0.29, 0.717) is 0 Å². The zero-order chi connectivity index (χ0) is 24.0. The molecule has 3 nitrogen and oxygen atoms in total. The number of benzene rings is 5. The first-order valence-corrected chi connectivity index (χ1v) is 12.5. The van der Waals surface area contributed by atoms with Crippen molar-refractivity contribution in [2.24, 2.45) is 0 Å². The standard InChI is InChI=1S/C33H24N2O/c1-33(2)23-13-4-5-15-25(23)35-27-17-7-6-16-26(27)34(28-18-10-14-24(33)31(28)35)29-19-9-12-22-21-11-3-8-20-30(21)36-32(22)29/h3-20H,1-2H3. The fourth-order valence-electron chi connectivity index (χ4n) is 6.30. The maximum absolute atomic E-state index is 6.51. The lowest BCUT2D eigenvalue weighted by molar-refractivity contribution is 0.631. The summed E-state index contributed by atoms with van der Waals surface area (Å²) in [5.74, 6) is 0. The van der Waals surface area contributed by atoms with Crippen molar-refractivity contribution in [3.63, 3.8) is 0 Å². The van der Waals surface area contributed by atoms with Crippen molar-refractivity contribution in [3.05, 3.63) is 120 Å². The van der Waals surface area contributed by atoms with Gasteiger partial charge in [0, 0.05) is 16.2 Å². The molecule has 6 aromatic rings. The molecule has 0 unspecified atom stereocenters. The first-order chi connectivity index (χ1) is 17.6. The average molecular weight is 465 g/mol. The van der Waals surface area contributed by atoms with E-state index >= 15 is 0 Å². The molecule has 36 heavy (non-hydrogen) atoms. The molecule has 0 saturated carbocycles. The van der Waals surface area contributed by atoms with Gasteiger partial charge in [-0.1, -0.05) is 86.6 Å². The summed E-state index contributed by atoms with van der Waals surface area (Å²) in [5, 5.41) is 2.28. The number of rotatable bonds is 1. The van der Waals surface area contributed by atoms with Crippen LogP contribution < -0.4 is 9.80 Å². The third-order valence-electron chi connectivity index (χ3n) is 7.96. The van der Waals surface area contributed by atoms with Crippen LogP contribution in [0.4, 0.5) is 34.1 Å². The summed E-state index contributed by atoms with van der Waals surface area (Å²) in [6.45, 7) is 4.67. The predicted octanol–water partition coefficient (Wildman–Crippen LogP) is 9.48. The highest BCUT2D eigenvalue weighted by Gasteiger charge is 2.42. The van der Waals surface area contributed by atoms with Gasteiger partial charge >= 0.3 is 0 Å². The molecule has 0 saturated heterocycles. The van der Waals surface area contributed by atoms with Gasteiger partial charge in [-0.15, -0.1) is 0 Å². The van der Waals surface area contributed by atoms with Crippen molar-refractivity contribution in [3.8, 4) is 0 Å². The zero-order valence-electron chi connectivity index (χ0n) is 20.2. The van der Waals surface area contributed by atoms with Gasteiger partial charge in [0.2, 0.25) is 0 Å². The topological polar surface area (TPSA) is 19.6 Å². The van der Waals surface area contributed by atoms with E-state index in [0.717, 1.165) is 33.3 Å². The molecule has 0 N–H and O–H groups in total. The van der Waals surface area contributed by atoms with E-state index in [2.05, 4.69) is 127 Å². The van der Waals surface area contributed by atoms with Gasteiger partial charge in [0.1, 0.15) is 5.58 Å². The lowest BCUT2D eigenvalue weighted by Crippen LogP contribution is -2.34. The second-order valence-corrected chi connectivity index (χ2v) is 10.2. The van der Waals surface area contributed by atoms with Crippen LogP contribution in [-0.2, 0) is 5.41 Å². The molecule has 8 rings (SSSR count). The minimum atomic E-state index is -0.123. The van der Waals surface area contributed by atoms with Gasteiger partial charge in [0.05, 0.1) is 34.1 Å². The van der Waals surface area contributed by atoms with Crippen molar-refractivity contribution < 1.29 is 4.42 Å². The number of anilines is 6. The summed E-state index contributed by atoms with van der Waals surface area (Å²) in [7, 11) is 0. The lowest BCUT2D eigenvalue weighted by Gasteiger charge is -2.48. The van der Waals surface area contributed by atoms with Crippen LogP contribution in [0, 0.1) is 0 Å². The normalized spacial score (nSPS) is 15.1. The molecule has 0 bridgehead atoms. The van der Waals surface area contributed by atoms with E-state index in [9.17, 15) is 0 Å². The van der Waals surface area contributed by atoms with Gasteiger partial charge in [0.25, 0.3) is 0 Å². The zero-order valence-corrected chi connectivity index (χ0v) is 20.2. The minimum Gasteiger partial charge on any atom is -0.454 e. The Morgan fingerprint density at radius 1 is 0.500 bits per heavy atom. The summed E-state index contributed by atoms with van der Waals surface area (Å²) in [5.41, 5.74) is 11.4. The Morgan fingerprint density at radius 3 is 1.94 bits per heavy atom. The smallest absolute Gasteiger partial charge is 0.159 e. The Hall–Kier alpha value is -4.50. The van der Waals surface area contributed by atoms with Crippen molar-refractivity contribution in [1.82, 2.24) is 0 Å². The van der Waals surface area contributed by atoms with Crippen molar-refractivity contribution >= 4 is 56.1 Å². The van der Waals surface area contributed by atoms with Crippen LogP contribution in [0.2, 0.25) is 0 Å². The maximum atomic E-state index is 6.51. The molecular formula is C33H24N2O. The van der Waals surface area contributed by atoms with Crippen molar-refractivity contribution in [2.75, 3.05) is 9.80 Å². The van der Waals surface area contributed by atoms with Crippen LogP contribution in [0.15, 0.2) is 114 Å². The summed E-state index contributed by atoms with van der Waals surface area (Å²) in [6, 6.07) is 39.0. The number of furan rings is 1. The monoisotopic (exact) mass is 464 g/mol. The van der Waals surface area contributed by atoms with Crippen LogP contribution in [0.3, 0.4) is 0 Å². The fraction of sp³-hybridized carbons (Fsp3) is 0.0909. The number of hydrogen-bond acceptors (Lipinski definition) is 3. The number of fused-ring (bicyclic) bond motifs is 7. The number of nitrogens with zero attached hydrogens (tertiary/aromatic N) is 2. The van der Waals surface area contributed by atoms with E-state index in [1.165, 1.54) is 33.9 Å². The molecule has 0 aliphatic carbocycles. The molecular weight excluding hydrogens is 440 g/mol. The van der Waals surface area contributed by atoms with Crippen LogP contribution in [0.1, 0.15) is 25.0 Å². The van der Waals surface area contributed by atoms with E-state index < -0.39 is 0 Å². The Balaban J connectivity index is 1.49. The molecule has 2 aliphatic heterocycles. The van der Waals surface area contributed by atoms with Crippen LogP contribution in [0.25, 0.3) is 21.9 Å². The first-order valence-electron chi connectivity index (χ1n) is 12.5. The Kier molecular flexibility index (Phi) is 3.73. The molecule has 0 amide bonds. The van der Waals surface area contributed by atoms with Crippen LogP contribution in [0.5, 0.6) is 0 Å². The summed E-state index contributed by atoms with van der Waals surface area (Å²) in [6.07, 6.45) is 0. The summed E-state index contributed by atoms with van der Waals surface area (Å²) < 4.78 is 6.51. The molecule has 0 atom stereocenters. The Labute approximate surface area is 209 Å². The third kappa shape index (κ3) is 2.37. The van der Waals surface area contributed by atoms with Gasteiger partial charge in [-0.25, -0.2) is 0 Å². The molecule has 172 valence electrons. The number of para-hydroxylation sites is 6. The molecule has 2 aliphatic rings. The van der Waals surface area contributed by atoms with Gasteiger partial charge < -0.3 is 14.2 Å². The highest BCUT2D eigenvalue weighted by molar-refractivity contribution is 6.13. The highest BCUT2D eigenvalue weighted by Crippen LogP contribution is 2.61. The molecule has 5 aromatic carbocycles. The molecule has 3 heteroatoms. The molecule has 1 aromatic heterocycles. The summed E-state index contributed by atoms with van der Waals surface area (Å²) in [4.78, 5) is 4.84. The van der Waals surface area contributed by atoms with Crippen LogP contribution >= 0.6 is 0 Å². The third-order valence-corrected chi connectivity index (χ3v) is 7.96. The predicted molar refractivity (Wildman–Crippen MR) is 149 cm³/mol. The maximum Gasteiger partial charge on any atom is 0.159 e. The van der Waals surface area contributed by atoms with Gasteiger partial charge in [-0.2, -0.15) is 0 Å². The fourth-order valence-corrected chi connectivity index (χ4v) is 6.30. The van der Waals surface area contributed by atoms with E-state index in [1.54, 1.807) is 0 Å². The van der Waals surface area contributed by atoms with Gasteiger partial charge in [-0.05, 0) is 47.5 Å². The second kappa shape index (κ2) is 6.79. The van der Waals surface area contributed by atoms with Crippen molar-refractivity contribution in [2.45, 2.75) is 19.3 Å². The van der Waals surface area contributed by atoms with Gasteiger partial charge in [-0.3, -0.25) is 0 Å². The lowest BCUT2D eigenvalue weighted by atomic mass is 9.72.